The minimum absolute atomic E-state index is 0. The van der Waals surface area contributed by atoms with E-state index in [0.29, 0.717) is 0 Å². The monoisotopic (exact) mass is 230 g/mol. The first-order valence-corrected chi connectivity index (χ1v) is 3.98. The first-order valence-electron chi connectivity index (χ1n) is 3.98. The van der Waals surface area contributed by atoms with Crippen molar-refractivity contribution in [3.63, 3.8) is 0 Å². The molecule has 0 amide bonds. The molecule has 0 bridgehead atoms. The fraction of sp³-hybridized carbons (Fsp3) is 1.00. The van der Waals surface area contributed by atoms with Crippen molar-refractivity contribution in [2.75, 3.05) is 26.4 Å². The fourth-order valence-electron chi connectivity index (χ4n) is 0. The Morgan fingerprint density at radius 2 is 0.571 bits per heavy atom. The SMILES string of the molecule is CC[O-].CC[O-].CC[O-].CC[O-].[Al+3].[Na+]. The molecule has 0 N–H and O–H groups in total. The van der Waals surface area contributed by atoms with Gasteiger partial charge in [-0.15, -0.1) is 26.4 Å². The summed E-state index contributed by atoms with van der Waals surface area (Å²) in [6.07, 6.45) is 0. The minimum Gasteiger partial charge on any atom is -0.855 e. The summed E-state index contributed by atoms with van der Waals surface area (Å²) in [5.74, 6) is 0. The van der Waals surface area contributed by atoms with Gasteiger partial charge in [-0.05, 0) is 0 Å². The molecule has 0 aromatic rings. The zero-order valence-electron chi connectivity index (χ0n) is 10.0. The van der Waals surface area contributed by atoms with Crippen molar-refractivity contribution in [2.45, 2.75) is 27.7 Å². The van der Waals surface area contributed by atoms with Gasteiger partial charge in [0.05, 0.1) is 0 Å². The number of hydrogen-bond acceptors (Lipinski definition) is 4. The second kappa shape index (κ2) is 89.0. The van der Waals surface area contributed by atoms with E-state index >= 15 is 0 Å². The Balaban J connectivity index is -0.0000000145. The van der Waals surface area contributed by atoms with Crippen LogP contribution in [-0.2, 0) is 0 Å². The number of hydrogen-bond donors (Lipinski definition) is 0. The molecule has 0 radical (unpaired) electrons. The van der Waals surface area contributed by atoms with Gasteiger partial charge in [-0.25, -0.2) is 0 Å². The summed E-state index contributed by atoms with van der Waals surface area (Å²) in [5, 5.41) is 35.7. The Morgan fingerprint density at radius 1 is 0.571 bits per heavy atom. The van der Waals surface area contributed by atoms with Crippen LogP contribution in [0.2, 0.25) is 0 Å². The molecule has 14 heavy (non-hydrogen) atoms. The van der Waals surface area contributed by atoms with Gasteiger partial charge in [0.1, 0.15) is 0 Å². The second-order valence-corrected chi connectivity index (χ2v) is 1.15. The maximum Gasteiger partial charge on any atom is 3.00 e. The van der Waals surface area contributed by atoms with Gasteiger partial charge in [0.15, 0.2) is 0 Å². The molecule has 0 aliphatic rings. The summed E-state index contributed by atoms with van der Waals surface area (Å²) in [7, 11) is 0. The Bertz CT molecular complexity index is 29.3. The summed E-state index contributed by atoms with van der Waals surface area (Å²) >= 11 is 0. The molecule has 0 aliphatic heterocycles. The first-order chi connectivity index (χ1) is 5.66. The molecule has 0 heterocycles. The zero-order valence-corrected chi connectivity index (χ0v) is 13.2. The van der Waals surface area contributed by atoms with E-state index in [-0.39, 0.29) is 73.3 Å². The molecule has 0 aliphatic carbocycles. The van der Waals surface area contributed by atoms with Crippen molar-refractivity contribution in [1.29, 1.82) is 0 Å². The molecular weight excluding hydrogens is 210 g/mol. The maximum absolute atomic E-state index is 8.93. The van der Waals surface area contributed by atoms with E-state index in [4.69, 9.17) is 20.4 Å². The van der Waals surface area contributed by atoms with E-state index in [9.17, 15) is 0 Å². The van der Waals surface area contributed by atoms with Gasteiger partial charge in [0, 0.05) is 0 Å². The smallest absolute Gasteiger partial charge is 0.855 e. The Kier molecular flexibility index (Phi) is 230. The van der Waals surface area contributed by atoms with Crippen LogP contribution in [0.4, 0.5) is 0 Å². The van der Waals surface area contributed by atoms with Gasteiger partial charge in [0.2, 0.25) is 0 Å². The van der Waals surface area contributed by atoms with Crippen LogP contribution in [0.5, 0.6) is 0 Å². The van der Waals surface area contributed by atoms with Crippen LogP contribution in [0.1, 0.15) is 27.7 Å². The molecule has 0 rings (SSSR count). The van der Waals surface area contributed by atoms with E-state index in [2.05, 4.69) is 0 Å². The summed E-state index contributed by atoms with van der Waals surface area (Å²) in [5.41, 5.74) is 0. The largest absolute Gasteiger partial charge is 3.00 e. The van der Waals surface area contributed by atoms with Crippen molar-refractivity contribution >= 4 is 17.4 Å². The van der Waals surface area contributed by atoms with E-state index in [1.165, 1.54) is 0 Å². The average Bonchev–Trinajstić information content (AvgIpc) is 1.92. The molecule has 0 atom stereocenters. The van der Waals surface area contributed by atoms with E-state index < -0.39 is 0 Å². The third-order valence-corrected chi connectivity index (χ3v) is 0. The van der Waals surface area contributed by atoms with Gasteiger partial charge in [-0.1, -0.05) is 27.7 Å². The van der Waals surface area contributed by atoms with Crippen molar-refractivity contribution in [2.24, 2.45) is 0 Å². The molecule has 0 spiro atoms. The van der Waals surface area contributed by atoms with Gasteiger partial charge in [-0.2, -0.15) is 0 Å². The quantitative estimate of drug-likeness (QED) is 0.387. The molecule has 4 nitrogen and oxygen atoms in total. The van der Waals surface area contributed by atoms with Crippen LogP contribution in [0, 0.1) is 0 Å². The predicted octanol–water partition coefficient (Wildman–Crippen LogP) is -5.91. The van der Waals surface area contributed by atoms with Crippen LogP contribution in [-0.4, -0.2) is 43.8 Å². The van der Waals surface area contributed by atoms with E-state index in [1.807, 2.05) is 0 Å². The molecular formula is C8H20AlNaO4. The molecule has 0 unspecified atom stereocenters. The average molecular weight is 230 g/mol. The van der Waals surface area contributed by atoms with Crippen LogP contribution in [0.25, 0.3) is 0 Å². The van der Waals surface area contributed by atoms with Gasteiger partial charge in [0.25, 0.3) is 0 Å². The van der Waals surface area contributed by atoms with Gasteiger partial charge >= 0.3 is 46.9 Å². The molecule has 0 aromatic carbocycles. The third kappa shape index (κ3) is 1090. The number of rotatable bonds is 0. The molecule has 6 heteroatoms. The molecule has 0 saturated heterocycles. The summed E-state index contributed by atoms with van der Waals surface area (Å²) in [6.45, 7) is 6.28. The minimum atomic E-state index is 0. The van der Waals surface area contributed by atoms with Crippen LogP contribution < -0.4 is 50.0 Å². The van der Waals surface area contributed by atoms with E-state index in [1.54, 1.807) is 27.7 Å². The zero-order chi connectivity index (χ0) is 10.8. The predicted molar refractivity (Wildman–Crippen MR) is 47.9 cm³/mol. The third-order valence-electron chi connectivity index (χ3n) is 0. The fourth-order valence-corrected chi connectivity index (χ4v) is 0. The molecule has 0 fully saturated rings. The first kappa shape index (κ1) is 36.1. The topological polar surface area (TPSA) is 92.2 Å². The van der Waals surface area contributed by atoms with Crippen molar-refractivity contribution < 1.29 is 50.0 Å². The van der Waals surface area contributed by atoms with E-state index in [0.717, 1.165) is 0 Å². The van der Waals surface area contributed by atoms with Gasteiger partial charge in [-0.3, -0.25) is 0 Å². The van der Waals surface area contributed by atoms with Crippen LogP contribution in [0.3, 0.4) is 0 Å². The van der Waals surface area contributed by atoms with Crippen molar-refractivity contribution in [3.8, 4) is 0 Å². The standard InChI is InChI=1S/4C2H5O.Al.Na/c4*1-2-3;;/h4*2H2,1H3;;/q4*-1;+3;+1. The second-order valence-electron chi connectivity index (χ2n) is 1.15. The normalized spacial score (nSPS) is 5.14. The summed E-state index contributed by atoms with van der Waals surface area (Å²) in [6, 6.07) is 0. The molecule has 0 aromatic heterocycles. The van der Waals surface area contributed by atoms with Crippen molar-refractivity contribution in [3.05, 3.63) is 0 Å². The van der Waals surface area contributed by atoms with Crippen LogP contribution in [0.15, 0.2) is 0 Å². The van der Waals surface area contributed by atoms with Gasteiger partial charge < -0.3 is 20.4 Å². The Hall–Kier alpha value is 1.37. The summed E-state index contributed by atoms with van der Waals surface area (Å²) < 4.78 is 0. The Morgan fingerprint density at radius 3 is 0.571 bits per heavy atom. The molecule has 0 saturated carbocycles. The summed E-state index contributed by atoms with van der Waals surface area (Å²) in [4.78, 5) is 0. The maximum atomic E-state index is 8.93. The molecule has 80 valence electrons. The van der Waals surface area contributed by atoms with Crippen molar-refractivity contribution in [1.82, 2.24) is 0 Å². The Labute approximate surface area is 121 Å². The van der Waals surface area contributed by atoms with Crippen LogP contribution >= 0.6 is 0 Å².